The van der Waals surface area contributed by atoms with Crippen LogP contribution in [0.15, 0.2) is 64.3 Å². The Hall–Kier alpha value is -3.61. The molecule has 0 aliphatic heterocycles. The quantitative estimate of drug-likeness (QED) is 0.479. The Balaban J connectivity index is 1.38. The third kappa shape index (κ3) is 3.46. The standard InChI is InChI=1S/C21H20N4O3/c26-19(22-11-9-14-13-23-17-7-3-1-5-15(14)17)10-12-25-18-8-4-2-6-16(18)20(27)24-21(25)28/h1-8,13,23H,9-12H2,(H,22,26)(H,24,27,28). The molecule has 0 aliphatic rings. The van der Waals surface area contributed by atoms with E-state index in [1.54, 1.807) is 24.3 Å². The van der Waals surface area contributed by atoms with Crippen molar-refractivity contribution in [2.75, 3.05) is 6.54 Å². The minimum atomic E-state index is -0.504. The van der Waals surface area contributed by atoms with Crippen LogP contribution in [0.5, 0.6) is 0 Å². The number of benzene rings is 2. The summed E-state index contributed by atoms with van der Waals surface area (Å²) in [6, 6.07) is 14.9. The van der Waals surface area contributed by atoms with Crippen LogP contribution in [0, 0.1) is 0 Å². The van der Waals surface area contributed by atoms with E-state index in [0.29, 0.717) is 17.4 Å². The van der Waals surface area contributed by atoms with Gasteiger partial charge in [-0.1, -0.05) is 30.3 Å². The average molecular weight is 376 g/mol. The molecule has 4 rings (SSSR count). The second-order valence-electron chi connectivity index (χ2n) is 6.64. The van der Waals surface area contributed by atoms with Gasteiger partial charge in [0.1, 0.15) is 0 Å². The highest BCUT2D eigenvalue weighted by Crippen LogP contribution is 2.17. The number of nitrogens with one attached hydrogen (secondary N) is 3. The van der Waals surface area contributed by atoms with Gasteiger partial charge in [-0.3, -0.25) is 19.1 Å². The van der Waals surface area contributed by atoms with Gasteiger partial charge in [-0.15, -0.1) is 0 Å². The number of aromatic amines is 2. The number of fused-ring (bicyclic) bond motifs is 2. The summed E-state index contributed by atoms with van der Waals surface area (Å²) < 4.78 is 1.43. The highest BCUT2D eigenvalue weighted by Gasteiger charge is 2.09. The van der Waals surface area contributed by atoms with E-state index in [4.69, 9.17) is 0 Å². The number of carbonyl (C=O) groups excluding carboxylic acids is 1. The predicted molar refractivity (Wildman–Crippen MR) is 108 cm³/mol. The minimum absolute atomic E-state index is 0.137. The van der Waals surface area contributed by atoms with Gasteiger partial charge in [0.25, 0.3) is 5.56 Å². The molecule has 7 nitrogen and oxygen atoms in total. The number of para-hydroxylation sites is 2. The maximum atomic E-state index is 12.2. The van der Waals surface area contributed by atoms with Crippen molar-refractivity contribution >= 4 is 27.7 Å². The Morgan fingerprint density at radius 3 is 2.61 bits per heavy atom. The van der Waals surface area contributed by atoms with Gasteiger partial charge in [-0.05, 0) is 30.2 Å². The summed E-state index contributed by atoms with van der Waals surface area (Å²) in [5, 5.41) is 4.48. The summed E-state index contributed by atoms with van der Waals surface area (Å²) in [4.78, 5) is 41.8. The number of hydrogen-bond acceptors (Lipinski definition) is 3. The molecule has 0 fully saturated rings. The second-order valence-corrected chi connectivity index (χ2v) is 6.64. The van der Waals surface area contributed by atoms with Gasteiger partial charge in [-0.25, -0.2) is 4.79 Å². The first kappa shape index (κ1) is 17.8. The number of H-pyrrole nitrogens is 2. The van der Waals surface area contributed by atoms with Crippen LogP contribution in [0.4, 0.5) is 0 Å². The second kappa shape index (κ2) is 7.56. The van der Waals surface area contributed by atoms with Crippen molar-refractivity contribution in [3.63, 3.8) is 0 Å². The van der Waals surface area contributed by atoms with Crippen LogP contribution < -0.4 is 16.6 Å². The Labute approximate surface area is 160 Å². The zero-order valence-corrected chi connectivity index (χ0v) is 15.2. The van der Waals surface area contributed by atoms with Crippen LogP contribution in [0.2, 0.25) is 0 Å². The van der Waals surface area contributed by atoms with Crippen LogP contribution in [0.3, 0.4) is 0 Å². The van der Waals surface area contributed by atoms with Crippen LogP contribution in [0.1, 0.15) is 12.0 Å². The molecule has 28 heavy (non-hydrogen) atoms. The number of rotatable bonds is 6. The van der Waals surface area contributed by atoms with Crippen molar-refractivity contribution in [3.8, 4) is 0 Å². The lowest BCUT2D eigenvalue weighted by atomic mass is 10.1. The van der Waals surface area contributed by atoms with Crippen LogP contribution in [0.25, 0.3) is 21.8 Å². The van der Waals surface area contributed by atoms with Crippen molar-refractivity contribution < 1.29 is 4.79 Å². The first-order valence-electron chi connectivity index (χ1n) is 9.17. The summed E-state index contributed by atoms with van der Waals surface area (Å²) in [7, 11) is 0. The third-order valence-corrected chi connectivity index (χ3v) is 4.86. The molecule has 2 aromatic carbocycles. The Bertz CT molecular complexity index is 1270. The van der Waals surface area contributed by atoms with Gasteiger partial charge < -0.3 is 10.3 Å². The number of carbonyl (C=O) groups is 1. The van der Waals surface area contributed by atoms with E-state index < -0.39 is 11.2 Å². The predicted octanol–water partition coefficient (Wildman–Crippen LogP) is 1.92. The smallest absolute Gasteiger partial charge is 0.328 e. The van der Waals surface area contributed by atoms with Crippen molar-refractivity contribution in [1.29, 1.82) is 0 Å². The summed E-state index contributed by atoms with van der Waals surface area (Å²) in [6.45, 7) is 0.719. The first-order valence-corrected chi connectivity index (χ1v) is 9.17. The van der Waals surface area contributed by atoms with Crippen molar-refractivity contribution in [1.82, 2.24) is 19.9 Å². The lowest BCUT2D eigenvalue weighted by molar-refractivity contribution is -0.121. The molecule has 0 atom stereocenters. The average Bonchev–Trinajstić information content (AvgIpc) is 3.11. The Morgan fingerprint density at radius 2 is 1.75 bits per heavy atom. The molecule has 0 radical (unpaired) electrons. The highest BCUT2D eigenvalue weighted by atomic mass is 16.2. The first-order chi connectivity index (χ1) is 13.6. The van der Waals surface area contributed by atoms with Gasteiger partial charge in [0, 0.05) is 36.6 Å². The zero-order valence-electron chi connectivity index (χ0n) is 15.2. The molecule has 0 spiro atoms. The minimum Gasteiger partial charge on any atom is -0.361 e. The summed E-state index contributed by atoms with van der Waals surface area (Å²) >= 11 is 0. The van der Waals surface area contributed by atoms with Gasteiger partial charge >= 0.3 is 5.69 Å². The lowest BCUT2D eigenvalue weighted by Gasteiger charge is -2.09. The largest absolute Gasteiger partial charge is 0.361 e. The van der Waals surface area contributed by atoms with E-state index in [2.05, 4.69) is 21.4 Å². The van der Waals surface area contributed by atoms with Crippen LogP contribution >= 0.6 is 0 Å². The molecule has 7 heteroatoms. The molecule has 2 heterocycles. The van der Waals surface area contributed by atoms with Crippen molar-refractivity contribution in [2.45, 2.75) is 19.4 Å². The molecule has 142 valence electrons. The molecule has 0 saturated carbocycles. The highest BCUT2D eigenvalue weighted by molar-refractivity contribution is 5.83. The van der Waals surface area contributed by atoms with E-state index in [9.17, 15) is 14.4 Å². The van der Waals surface area contributed by atoms with Crippen LogP contribution in [-0.4, -0.2) is 27.0 Å². The van der Waals surface area contributed by atoms with E-state index >= 15 is 0 Å². The Morgan fingerprint density at radius 1 is 1.00 bits per heavy atom. The fourth-order valence-corrected chi connectivity index (χ4v) is 3.44. The van der Waals surface area contributed by atoms with Gasteiger partial charge in [0.15, 0.2) is 0 Å². The van der Waals surface area contributed by atoms with E-state index in [-0.39, 0.29) is 18.9 Å². The van der Waals surface area contributed by atoms with E-state index in [0.717, 1.165) is 22.9 Å². The summed E-state index contributed by atoms with van der Waals surface area (Å²) in [6.07, 6.45) is 2.84. The third-order valence-electron chi connectivity index (χ3n) is 4.86. The topological polar surface area (TPSA) is 99.8 Å². The zero-order chi connectivity index (χ0) is 19.5. The van der Waals surface area contributed by atoms with E-state index in [1.165, 1.54) is 4.57 Å². The van der Waals surface area contributed by atoms with Gasteiger partial charge in [0.05, 0.1) is 10.9 Å². The molecule has 2 aromatic heterocycles. The van der Waals surface area contributed by atoms with Crippen LogP contribution in [-0.2, 0) is 17.8 Å². The molecular weight excluding hydrogens is 356 g/mol. The van der Waals surface area contributed by atoms with Crippen molar-refractivity contribution in [3.05, 3.63) is 81.1 Å². The molecule has 3 N–H and O–H groups in total. The normalized spacial score (nSPS) is 11.1. The fraction of sp³-hybridized carbons (Fsp3) is 0.190. The molecule has 0 aliphatic carbocycles. The lowest BCUT2D eigenvalue weighted by Crippen LogP contribution is -2.33. The van der Waals surface area contributed by atoms with Gasteiger partial charge in [-0.2, -0.15) is 0 Å². The number of nitrogens with zero attached hydrogens (tertiary/aromatic N) is 1. The van der Waals surface area contributed by atoms with Gasteiger partial charge in [0.2, 0.25) is 5.91 Å². The molecule has 0 saturated heterocycles. The van der Waals surface area contributed by atoms with Crippen molar-refractivity contribution in [2.24, 2.45) is 0 Å². The number of hydrogen-bond donors (Lipinski definition) is 3. The molecule has 0 unspecified atom stereocenters. The number of aryl methyl sites for hydroxylation is 1. The molecule has 4 aromatic rings. The maximum Gasteiger partial charge on any atom is 0.328 e. The summed E-state index contributed by atoms with van der Waals surface area (Å²) in [5.74, 6) is -0.137. The van der Waals surface area contributed by atoms with E-state index in [1.807, 2.05) is 24.4 Å². The molecule has 1 amide bonds. The molecule has 0 bridgehead atoms. The number of aromatic nitrogens is 3. The summed E-state index contributed by atoms with van der Waals surface area (Å²) in [5.41, 5.74) is 1.84. The molecular formula is C21H20N4O3. The fourth-order valence-electron chi connectivity index (χ4n) is 3.44. The number of amides is 1. The maximum absolute atomic E-state index is 12.2. The monoisotopic (exact) mass is 376 g/mol. The SMILES string of the molecule is O=C(CCn1c(=O)[nH]c(=O)c2ccccc21)NCCc1c[nH]c2ccccc12. The Kier molecular flexibility index (Phi) is 4.80.